The lowest BCUT2D eigenvalue weighted by Crippen LogP contribution is -2.46. The summed E-state index contributed by atoms with van der Waals surface area (Å²) < 4.78 is 0.973. The lowest BCUT2D eigenvalue weighted by atomic mass is 9.69. The molecule has 3 heteroatoms. The molecule has 1 rings (SSSR count). The number of benzene rings is 1. The summed E-state index contributed by atoms with van der Waals surface area (Å²) in [6.07, 6.45) is 0.836. The Morgan fingerprint density at radius 1 is 1.38 bits per heavy atom. The van der Waals surface area contributed by atoms with Gasteiger partial charge in [0.1, 0.15) is 0 Å². The van der Waals surface area contributed by atoms with E-state index in [1.54, 1.807) is 0 Å². The first-order valence-electron chi connectivity index (χ1n) is 5.56. The molecule has 0 amide bonds. The second-order valence-electron chi connectivity index (χ2n) is 4.70. The molecule has 0 bridgehead atoms. The summed E-state index contributed by atoms with van der Waals surface area (Å²) in [4.78, 5) is 0. The molecule has 2 nitrogen and oxygen atoms in total. The molecule has 90 valence electrons. The summed E-state index contributed by atoms with van der Waals surface area (Å²) in [6, 6.07) is 7.77. The Hall–Kier alpha value is -0.380. The van der Waals surface area contributed by atoms with Crippen LogP contribution in [0.4, 0.5) is 0 Å². The third-order valence-electron chi connectivity index (χ3n) is 3.79. The van der Waals surface area contributed by atoms with Crippen LogP contribution in [0.5, 0.6) is 0 Å². The number of aliphatic hydroxyl groups is 1. The van der Waals surface area contributed by atoms with Gasteiger partial charge in [0.05, 0.1) is 5.60 Å². The van der Waals surface area contributed by atoms with Crippen LogP contribution in [0.1, 0.15) is 32.8 Å². The van der Waals surface area contributed by atoms with Gasteiger partial charge in [0, 0.05) is 16.4 Å². The summed E-state index contributed by atoms with van der Waals surface area (Å²) in [6.45, 7) is 6.38. The number of hydrogen-bond acceptors (Lipinski definition) is 2. The Kier molecular flexibility index (Phi) is 4.16. The van der Waals surface area contributed by atoms with E-state index in [0.29, 0.717) is 6.54 Å². The smallest absolute Gasteiger partial charge is 0.0934 e. The Labute approximate surface area is 106 Å². The fraction of sp³-hybridized carbons (Fsp3) is 0.538. The largest absolute Gasteiger partial charge is 0.385 e. The predicted molar refractivity (Wildman–Crippen MR) is 71.2 cm³/mol. The molecule has 0 heterocycles. The molecule has 0 aliphatic heterocycles. The van der Waals surface area contributed by atoms with Gasteiger partial charge in [-0.1, -0.05) is 41.9 Å². The third kappa shape index (κ3) is 2.31. The molecule has 0 saturated heterocycles. The molecule has 0 spiro atoms. The first-order valence-corrected chi connectivity index (χ1v) is 6.35. The number of rotatable bonds is 4. The van der Waals surface area contributed by atoms with Crippen molar-refractivity contribution in [1.82, 2.24) is 0 Å². The molecule has 2 atom stereocenters. The van der Waals surface area contributed by atoms with Crippen LogP contribution >= 0.6 is 15.9 Å². The van der Waals surface area contributed by atoms with Crippen molar-refractivity contribution in [2.24, 2.45) is 11.1 Å². The average Bonchev–Trinajstić information content (AvgIpc) is 2.27. The fourth-order valence-electron chi connectivity index (χ4n) is 1.83. The maximum absolute atomic E-state index is 10.7. The highest BCUT2D eigenvalue weighted by Crippen LogP contribution is 2.41. The molecule has 0 aromatic heterocycles. The molecule has 0 saturated carbocycles. The van der Waals surface area contributed by atoms with Crippen molar-refractivity contribution >= 4 is 15.9 Å². The molecule has 0 radical (unpaired) electrons. The minimum Gasteiger partial charge on any atom is -0.385 e. The SMILES string of the molecule is CCC(C)(CN)C(C)(O)c1cccc(Br)c1. The predicted octanol–water partition coefficient (Wildman–Crippen LogP) is 3.03. The van der Waals surface area contributed by atoms with Gasteiger partial charge in [-0.25, -0.2) is 0 Å². The molecule has 1 aromatic rings. The maximum atomic E-state index is 10.7. The zero-order chi connectivity index (χ0) is 12.4. The Bertz CT molecular complexity index is 359. The van der Waals surface area contributed by atoms with E-state index in [4.69, 9.17) is 5.73 Å². The van der Waals surface area contributed by atoms with E-state index in [9.17, 15) is 5.11 Å². The highest BCUT2D eigenvalue weighted by Gasteiger charge is 2.42. The molecule has 0 fully saturated rings. The fourth-order valence-corrected chi connectivity index (χ4v) is 2.23. The minimum absolute atomic E-state index is 0.312. The Morgan fingerprint density at radius 3 is 2.44 bits per heavy atom. The lowest BCUT2D eigenvalue weighted by Gasteiger charge is -2.42. The van der Waals surface area contributed by atoms with Gasteiger partial charge < -0.3 is 10.8 Å². The van der Waals surface area contributed by atoms with Gasteiger partial charge in [0.25, 0.3) is 0 Å². The molecule has 1 aromatic carbocycles. The van der Waals surface area contributed by atoms with Gasteiger partial charge in [-0.2, -0.15) is 0 Å². The summed E-state index contributed by atoms with van der Waals surface area (Å²) in [5.74, 6) is 0. The van der Waals surface area contributed by atoms with E-state index in [-0.39, 0.29) is 5.41 Å². The van der Waals surface area contributed by atoms with Gasteiger partial charge in [-0.05, 0) is 31.0 Å². The summed E-state index contributed by atoms with van der Waals surface area (Å²) in [7, 11) is 0. The summed E-state index contributed by atoms with van der Waals surface area (Å²) >= 11 is 3.42. The Balaban J connectivity index is 3.19. The first kappa shape index (κ1) is 13.7. The van der Waals surface area contributed by atoms with E-state index < -0.39 is 5.60 Å². The van der Waals surface area contributed by atoms with Crippen LogP contribution < -0.4 is 5.73 Å². The maximum Gasteiger partial charge on any atom is 0.0934 e. The van der Waals surface area contributed by atoms with Crippen molar-refractivity contribution in [1.29, 1.82) is 0 Å². The average molecular weight is 286 g/mol. The van der Waals surface area contributed by atoms with E-state index in [1.165, 1.54) is 0 Å². The Morgan fingerprint density at radius 2 is 2.00 bits per heavy atom. The van der Waals surface area contributed by atoms with Crippen molar-refractivity contribution in [3.8, 4) is 0 Å². The van der Waals surface area contributed by atoms with Crippen LogP contribution in [0.3, 0.4) is 0 Å². The first-order chi connectivity index (χ1) is 7.37. The molecular weight excluding hydrogens is 266 g/mol. The highest BCUT2D eigenvalue weighted by molar-refractivity contribution is 9.10. The van der Waals surface area contributed by atoms with Crippen LogP contribution in [0, 0.1) is 5.41 Å². The molecule has 16 heavy (non-hydrogen) atoms. The second kappa shape index (κ2) is 4.86. The molecule has 3 N–H and O–H groups in total. The molecular formula is C13H20BrNO. The van der Waals surface area contributed by atoms with Crippen molar-refractivity contribution in [3.05, 3.63) is 34.3 Å². The monoisotopic (exact) mass is 285 g/mol. The zero-order valence-corrected chi connectivity index (χ0v) is 11.7. The van der Waals surface area contributed by atoms with Crippen LogP contribution in [0.15, 0.2) is 28.7 Å². The standard InChI is InChI=1S/C13H20BrNO/c1-4-12(2,9-15)13(3,16)10-6-5-7-11(14)8-10/h5-8,16H,4,9,15H2,1-3H3. The van der Waals surface area contributed by atoms with Crippen LogP contribution in [-0.2, 0) is 5.60 Å². The molecule has 0 aliphatic rings. The highest BCUT2D eigenvalue weighted by atomic mass is 79.9. The van der Waals surface area contributed by atoms with E-state index in [2.05, 4.69) is 22.9 Å². The number of halogens is 1. The number of nitrogens with two attached hydrogens (primary N) is 1. The van der Waals surface area contributed by atoms with E-state index in [0.717, 1.165) is 16.5 Å². The molecule has 0 aliphatic carbocycles. The topological polar surface area (TPSA) is 46.2 Å². The second-order valence-corrected chi connectivity index (χ2v) is 5.62. The summed E-state index contributed by atoms with van der Waals surface area (Å²) in [5, 5.41) is 10.7. The molecule has 2 unspecified atom stereocenters. The van der Waals surface area contributed by atoms with Gasteiger partial charge in [0.2, 0.25) is 0 Å². The normalized spacial score (nSPS) is 18.9. The van der Waals surface area contributed by atoms with Gasteiger partial charge >= 0.3 is 0 Å². The van der Waals surface area contributed by atoms with Gasteiger partial charge in [0.15, 0.2) is 0 Å². The van der Waals surface area contributed by atoms with Gasteiger partial charge in [-0.3, -0.25) is 0 Å². The van der Waals surface area contributed by atoms with E-state index >= 15 is 0 Å². The van der Waals surface area contributed by atoms with Crippen molar-refractivity contribution in [3.63, 3.8) is 0 Å². The lowest BCUT2D eigenvalue weighted by molar-refractivity contribution is -0.0646. The van der Waals surface area contributed by atoms with Crippen molar-refractivity contribution in [2.75, 3.05) is 6.54 Å². The zero-order valence-electron chi connectivity index (χ0n) is 10.1. The van der Waals surface area contributed by atoms with Crippen LogP contribution in [0.2, 0.25) is 0 Å². The van der Waals surface area contributed by atoms with Crippen molar-refractivity contribution in [2.45, 2.75) is 32.8 Å². The van der Waals surface area contributed by atoms with Gasteiger partial charge in [-0.15, -0.1) is 0 Å². The third-order valence-corrected chi connectivity index (χ3v) is 4.29. The summed E-state index contributed by atoms with van der Waals surface area (Å²) in [5.41, 5.74) is 5.48. The van der Waals surface area contributed by atoms with Crippen molar-refractivity contribution < 1.29 is 5.11 Å². The van der Waals surface area contributed by atoms with Crippen LogP contribution in [0.25, 0.3) is 0 Å². The minimum atomic E-state index is -0.916. The quantitative estimate of drug-likeness (QED) is 0.893. The number of hydrogen-bond donors (Lipinski definition) is 2. The van der Waals surface area contributed by atoms with Crippen LogP contribution in [-0.4, -0.2) is 11.7 Å². The van der Waals surface area contributed by atoms with E-state index in [1.807, 2.05) is 38.1 Å².